The van der Waals surface area contributed by atoms with Gasteiger partial charge in [0.25, 0.3) is 0 Å². The van der Waals surface area contributed by atoms with Gasteiger partial charge in [-0.2, -0.15) is 0 Å². The molecule has 0 unspecified atom stereocenters. The van der Waals surface area contributed by atoms with E-state index in [1.165, 1.54) is 11.1 Å². The van der Waals surface area contributed by atoms with Crippen LogP contribution in [0.15, 0.2) is 24.3 Å². The van der Waals surface area contributed by atoms with Crippen molar-refractivity contribution < 1.29 is 4.79 Å². The first-order chi connectivity index (χ1) is 7.11. The Balaban J connectivity index is 0.00000225. The van der Waals surface area contributed by atoms with Crippen molar-refractivity contribution in [2.45, 2.75) is 26.3 Å². The SMILES string of the molecule is Cc1ccccc1CCNC(=O)[C@@H](C)N.Cl. The molecule has 1 rings (SSSR count). The molecule has 0 aromatic heterocycles. The van der Waals surface area contributed by atoms with Gasteiger partial charge in [0.1, 0.15) is 0 Å². The molecule has 0 heterocycles. The topological polar surface area (TPSA) is 55.1 Å². The average Bonchev–Trinajstić information content (AvgIpc) is 2.20. The summed E-state index contributed by atoms with van der Waals surface area (Å²) in [6.07, 6.45) is 0.852. The van der Waals surface area contributed by atoms with Gasteiger partial charge in [0.15, 0.2) is 0 Å². The molecule has 0 fully saturated rings. The first-order valence-corrected chi connectivity index (χ1v) is 5.19. The maximum atomic E-state index is 11.2. The van der Waals surface area contributed by atoms with Crippen LogP contribution in [0.1, 0.15) is 18.1 Å². The molecule has 90 valence electrons. The third-order valence-corrected chi connectivity index (χ3v) is 2.37. The van der Waals surface area contributed by atoms with E-state index >= 15 is 0 Å². The van der Waals surface area contributed by atoms with E-state index < -0.39 is 6.04 Å². The summed E-state index contributed by atoms with van der Waals surface area (Å²) in [6.45, 7) is 4.40. The Labute approximate surface area is 103 Å². The van der Waals surface area contributed by atoms with Crippen LogP contribution in [-0.2, 0) is 11.2 Å². The van der Waals surface area contributed by atoms with E-state index in [9.17, 15) is 4.79 Å². The van der Waals surface area contributed by atoms with Crippen LogP contribution >= 0.6 is 12.4 Å². The molecular formula is C12H19ClN2O. The molecule has 1 aromatic carbocycles. The van der Waals surface area contributed by atoms with E-state index in [2.05, 4.69) is 24.4 Å². The Morgan fingerprint density at radius 3 is 2.62 bits per heavy atom. The first kappa shape index (κ1) is 14.9. The van der Waals surface area contributed by atoms with Crippen molar-refractivity contribution in [3.8, 4) is 0 Å². The van der Waals surface area contributed by atoms with Gasteiger partial charge >= 0.3 is 0 Å². The lowest BCUT2D eigenvalue weighted by Gasteiger charge is -2.08. The molecule has 0 aliphatic heterocycles. The quantitative estimate of drug-likeness (QED) is 0.839. The van der Waals surface area contributed by atoms with Crippen molar-refractivity contribution in [2.24, 2.45) is 5.73 Å². The molecule has 3 N–H and O–H groups in total. The van der Waals surface area contributed by atoms with Crippen LogP contribution < -0.4 is 11.1 Å². The van der Waals surface area contributed by atoms with Crippen molar-refractivity contribution in [1.82, 2.24) is 5.32 Å². The van der Waals surface area contributed by atoms with E-state index in [1.807, 2.05) is 12.1 Å². The minimum atomic E-state index is -0.429. The van der Waals surface area contributed by atoms with Gasteiger partial charge in [-0.15, -0.1) is 12.4 Å². The molecule has 4 heteroatoms. The molecule has 1 amide bonds. The van der Waals surface area contributed by atoms with Crippen molar-refractivity contribution >= 4 is 18.3 Å². The highest BCUT2D eigenvalue weighted by Gasteiger charge is 2.05. The summed E-state index contributed by atoms with van der Waals surface area (Å²) in [6, 6.07) is 7.74. The van der Waals surface area contributed by atoms with Crippen molar-refractivity contribution in [1.29, 1.82) is 0 Å². The first-order valence-electron chi connectivity index (χ1n) is 5.19. The summed E-state index contributed by atoms with van der Waals surface area (Å²) >= 11 is 0. The number of halogens is 1. The zero-order valence-corrected chi connectivity index (χ0v) is 10.5. The lowest BCUT2D eigenvalue weighted by molar-refractivity contribution is -0.121. The molecule has 16 heavy (non-hydrogen) atoms. The summed E-state index contributed by atoms with van der Waals surface area (Å²) in [5.74, 6) is -0.0939. The maximum absolute atomic E-state index is 11.2. The van der Waals surface area contributed by atoms with E-state index in [1.54, 1.807) is 6.92 Å². The van der Waals surface area contributed by atoms with Crippen LogP contribution in [0, 0.1) is 6.92 Å². The molecule has 1 aromatic rings. The predicted octanol–water partition coefficient (Wildman–Crippen LogP) is 1.42. The van der Waals surface area contributed by atoms with Crippen LogP contribution in [0.4, 0.5) is 0 Å². The highest BCUT2D eigenvalue weighted by Crippen LogP contribution is 2.06. The minimum Gasteiger partial charge on any atom is -0.354 e. The summed E-state index contributed by atoms with van der Waals surface area (Å²) in [4.78, 5) is 11.2. The summed E-state index contributed by atoms with van der Waals surface area (Å²) in [7, 11) is 0. The number of carbonyl (C=O) groups is 1. The Hall–Kier alpha value is -1.06. The van der Waals surface area contributed by atoms with Crippen molar-refractivity contribution in [2.75, 3.05) is 6.54 Å². The fraction of sp³-hybridized carbons (Fsp3) is 0.417. The van der Waals surface area contributed by atoms with Crippen LogP contribution in [0.3, 0.4) is 0 Å². The smallest absolute Gasteiger partial charge is 0.236 e. The van der Waals surface area contributed by atoms with Gasteiger partial charge in [0, 0.05) is 6.54 Å². The number of amides is 1. The molecule has 0 aliphatic carbocycles. The second kappa shape index (κ2) is 7.25. The van der Waals surface area contributed by atoms with Crippen molar-refractivity contribution in [3.05, 3.63) is 35.4 Å². The third-order valence-electron chi connectivity index (χ3n) is 2.37. The van der Waals surface area contributed by atoms with E-state index in [0.29, 0.717) is 6.54 Å². The molecule has 0 saturated heterocycles. The van der Waals surface area contributed by atoms with Gasteiger partial charge in [0.2, 0.25) is 5.91 Å². The van der Waals surface area contributed by atoms with Crippen molar-refractivity contribution in [3.63, 3.8) is 0 Å². The Morgan fingerprint density at radius 2 is 2.06 bits per heavy atom. The monoisotopic (exact) mass is 242 g/mol. The molecule has 3 nitrogen and oxygen atoms in total. The highest BCUT2D eigenvalue weighted by atomic mass is 35.5. The molecule has 1 atom stereocenters. The molecule has 0 saturated carbocycles. The number of nitrogens with one attached hydrogen (secondary N) is 1. The Kier molecular flexibility index (Phi) is 6.77. The van der Waals surface area contributed by atoms with Gasteiger partial charge in [-0.3, -0.25) is 4.79 Å². The number of carbonyl (C=O) groups excluding carboxylic acids is 1. The number of hydrogen-bond donors (Lipinski definition) is 2. The Bertz CT molecular complexity index is 340. The van der Waals surface area contributed by atoms with Gasteiger partial charge in [-0.1, -0.05) is 24.3 Å². The lowest BCUT2D eigenvalue weighted by atomic mass is 10.1. The maximum Gasteiger partial charge on any atom is 0.236 e. The lowest BCUT2D eigenvalue weighted by Crippen LogP contribution is -2.39. The number of nitrogens with two attached hydrogens (primary N) is 1. The number of rotatable bonds is 4. The largest absolute Gasteiger partial charge is 0.354 e. The summed E-state index contributed by atoms with van der Waals surface area (Å²) < 4.78 is 0. The molecule has 0 aliphatic rings. The van der Waals surface area contributed by atoms with E-state index in [0.717, 1.165) is 6.42 Å². The normalized spacial score (nSPS) is 11.4. The van der Waals surface area contributed by atoms with Gasteiger partial charge in [0.05, 0.1) is 6.04 Å². The number of benzene rings is 1. The third kappa shape index (κ3) is 4.64. The Morgan fingerprint density at radius 1 is 1.44 bits per heavy atom. The average molecular weight is 243 g/mol. The zero-order valence-electron chi connectivity index (χ0n) is 9.69. The summed E-state index contributed by atoms with van der Waals surface area (Å²) in [5.41, 5.74) is 7.96. The minimum absolute atomic E-state index is 0. The molecule has 0 radical (unpaired) electrons. The van der Waals surface area contributed by atoms with E-state index in [-0.39, 0.29) is 18.3 Å². The van der Waals surface area contributed by atoms with Crippen LogP contribution in [0.5, 0.6) is 0 Å². The fourth-order valence-corrected chi connectivity index (χ4v) is 1.37. The van der Waals surface area contributed by atoms with Crippen LogP contribution in [-0.4, -0.2) is 18.5 Å². The second-order valence-corrected chi connectivity index (χ2v) is 3.76. The van der Waals surface area contributed by atoms with Gasteiger partial charge in [-0.25, -0.2) is 0 Å². The van der Waals surface area contributed by atoms with E-state index in [4.69, 9.17) is 5.73 Å². The van der Waals surface area contributed by atoms with Gasteiger partial charge in [-0.05, 0) is 31.4 Å². The summed E-state index contributed by atoms with van der Waals surface area (Å²) in [5, 5.41) is 2.79. The molecule has 0 bridgehead atoms. The molecular weight excluding hydrogens is 224 g/mol. The number of aryl methyl sites for hydroxylation is 1. The zero-order chi connectivity index (χ0) is 11.3. The highest BCUT2D eigenvalue weighted by molar-refractivity contribution is 5.85. The van der Waals surface area contributed by atoms with Crippen LogP contribution in [0.2, 0.25) is 0 Å². The second-order valence-electron chi connectivity index (χ2n) is 3.76. The number of hydrogen-bond acceptors (Lipinski definition) is 2. The predicted molar refractivity (Wildman–Crippen MR) is 68.8 cm³/mol. The van der Waals surface area contributed by atoms with Crippen LogP contribution in [0.25, 0.3) is 0 Å². The molecule has 0 spiro atoms. The standard InChI is InChI=1S/C12H18N2O.ClH/c1-9-5-3-4-6-11(9)7-8-14-12(15)10(2)13;/h3-6,10H,7-8,13H2,1-2H3,(H,14,15);1H/t10-;/m1./s1. The fourth-order valence-electron chi connectivity index (χ4n) is 1.37. The van der Waals surface area contributed by atoms with Gasteiger partial charge < -0.3 is 11.1 Å².